The molecule has 5 fully saturated rings. The summed E-state index contributed by atoms with van der Waals surface area (Å²) in [6.45, 7) is 0.985. The number of aliphatic hydroxyl groups excluding tert-OH is 5. The molecule has 5 rings (SSSR count). The molecule has 0 amide bonds. The van der Waals surface area contributed by atoms with Gasteiger partial charge >= 0.3 is 0 Å². The lowest BCUT2D eigenvalue weighted by atomic mass is 9.84. The van der Waals surface area contributed by atoms with Gasteiger partial charge in [-0.05, 0) is 38.0 Å². The van der Waals surface area contributed by atoms with Crippen LogP contribution in [0.5, 0.6) is 0 Å². The highest BCUT2D eigenvalue weighted by Gasteiger charge is 2.53. The second-order valence-electron chi connectivity index (χ2n) is 12.9. The molecule has 0 aromatic heterocycles. The van der Waals surface area contributed by atoms with Crippen molar-refractivity contribution in [3.8, 4) is 0 Å². The van der Waals surface area contributed by atoms with Gasteiger partial charge in [-0.2, -0.15) is 0 Å². The summed E-state index contributed by atoms with van der Waals surface area (Å²) in [5.74, 6) is -0.283. The lowest BCUT2D eigenvalue weighted by Gasteiger charge is -2.46. The highest BCUT2D eigenvalue weighted by atomic mass is 16.8. The van der Waals surface area contributed by atoms with Crippen LogP contribution in [0.15, 0.2) is 0 Å². The molecule has 5 aliphatic rings. The Morgan fingerprint density at radius 2 is 1.35 bits per heavy atom. The fourth-order valence-corrected chi connectivity index (χ4v) is 6.66. The fourth-order valence-electron chi connectivity index (χ4n) is 6.66. The lowest BCUT2D eigenvalue weighted by molar-refractivity contribution is -0.297. The Kier molecular flexibility index (Phi) is 11.0. The van der Waals surface area contributed by atoms with Crippen LogP contribution in [0, 0.1) is 11.8 Å². The van der Waals surface area contributed by atoms with Crippen molar-refractivity contribution in [3.05, 3.63) is 0 Å². The van der Waals surface area contributed by atoms with Gasteiger partial charge in [-0.25, -0.2) is 0 Å². The molecule has 0 bridgehead atoms. The first-order chi connectivity index (χ1) is 20.4. The minimum atomic E-state index is -1.47. The van der Waals surface area contributed by atoms with E-state index in [2.05, 4.69) is 0 Å². The van der Waals surface area contributed by atoms with Crippen LogP contribution in [0.3, 0.4) is 0 Å². The van der Waals surface area contributed by atoms with Crippen molar-refractivity contribution in [2.75, 3.05) is 13.2 Å². The molecule has 2 saturated carbocycles. The first kappa shape index (κ1) is 33.7. The Hall–Kier alpha value is -0.640. The fraction of sp³-hybridized carbons (Fsp3) is 1.00. The average Bonchev–Trinajstić information content (AvgIpc) is 3.80. The van der Waals surface area contributed by atoms with Crippen molar-refractivity contribution in [2.45, 2.75) is 143 Å². The number of hydrogen-bond acceptors (Lipinski definition) is 16. The van der Waals surface area contributed by atoms with E-state index in [-0.39, 0.29) is 25.1 Å². The second kappa shape index (κ2) is 14.0. The van der Waals surface area contributed by atoms with Gasteiger partial charge in [-0.1, -0.05) is 6.92 Å². The van der Waals surface area contributed by atoms with Gasteiger partial charge in [0.1, 0.15) is 42.7 Å². The number of nitrogens with two attached hydrogens (primary N) is 5. The van der Waals surface area contributed by atoms with Crippen LogP contribution in [-0.4, -0.2) is 143 Å². The molecule has 15 N–H and O–H groups in total. The molecule has 16 nitrogen and oxygen atoms in total. The minimum Gasteiger partial charge on any atom is -0.394 e. The molecular formula is C27H51N5O11. The summed E-state index contributed by atoms with van der Waals surface area (Å²) in [4.78, 5) is 0. The highest BCUT2D eigenvalue weighted by molar-refractivity contribution is 5.01. The van der Waals surface area contributed by atoms with Crippen molar-refractivity contribution >= 4 is 0 Å². The molecule has 0 radical (unpaired) electrons. The van der Waals surface area contributed by atoms with Crippen molar-refractivity contribution in [2.24, 2.45) is 40.5 Å². The minimum absolute atomic E-state index is 0.0766. The summed E-state index contributed by atoms with van der Waals surface area (Å²) in [6, 6.07) is -2.02. The monoisotopic (exact) mass is 621 g/mol. The predicted molar refractivity (Wildman–Crippen MR) is 148 cm³/mol. The number of ether oxygens (including phenoxy) is 6. The van der Waals surface area contributed by atoms with Crippen molar-refractivity contribution in [3.63, 3.8) is 0 Å². The predicted octanol–water partition coefficient (Wildman–Crippen LogP) is -4.75. The molecule has 250 valence electrons. The summed E-state index contributed by atoms with van der Waals surface area (Å²) in [5.41, 5.74) is 31.1. The van der Waals surface area contributed by atoms with E-state index in [0.29, 0.717) is 18.8 Å². The third-order valence-electron chi connectivity index (χ3n) is 9.69. The molecule has 18 unspecified atom stereocenters. The Labute approximate surface area is 251 Å². The zero-order valence-corrected chi connectivity index (χ0v) is 24.5. The Balaban J connectivity index is 1.28. The van der Waals surface area contributed by atoms with Crippen LogP contribution in [0.2, 0.25) is 0 Å². The summed E-state index contributed by atoms with van der Waals surface area (Å²) < 4.78 is 36.2. The molecule has 18 atom stereocenters. The summed E-state index contributed by atoms with van der Waals surface area (Å²) in [5, 5.41) is 53.1. The van der Waals surface area contributed by atoms with Crippen LogP contribution in [0.25, 0.3) is 0 Å². The maximum Gasteiger partial charge on any atom is 0.187 e. The lowest BCUT2D eigenvalue weighted by Crippen LogP contribution is -2.65. The average molecular weight is 622 g/mol. The maximum atomic E-state index is 11.2. The van der Waals surface area contributed by atoms with E-state index >= 15 is 0 Å². The van der Waals surface area contributed by atoms with Gasteiger partial charge in [0.15, 0.2) is 18.9 Å². The van der Waals surface area contributed by atoms with Gasteiger partial charge in [0.2, 0.25) is 0 Å². The van der Waals surface area contributed by atoms with E-state index in [9.17, 15) is 25.5 Å². The molecular weight excluding hydrogens is 570 g/mol. The highest BCUT2D eigenvalue weighted by Crippen LogP contribution is 2.38. The van der Waals surface area contributed by atoms with Crippen LogP contribution < -0.4 is 28.7 Å². The van der Waals surface area contributed by atoms with E-state index in [4.69, 9.17) is 57.1 Å². The van der Waals surface area contributed by atoms with Gasteiger partial charge in [0, 0.05) is 30.6 Å². The van der Waals surface area contributed by atoms with Gasteiger partial charge in [-0.15, -0.1) is 0 Å². The van der Waals surface area contributed by atoms with E-state index in [1.54, 1.807) is 6.92 Å². The first-order valence-corrected chi connectivity index (χ1v) is 15.4. The van der Waals surface area contributed by atoms with Crippen LogP contribution in [0.4, 0.5) is 0 Å². The van der Waals surface area contributed by atoms with E-state index in [1.165, 1.54) is 0 Å². The van der Waals surface area contributed by atoms with Crippen LogP contribution >= 0.6 is 0 Å². The molecule has 16 heteroatoms. The Morgan fingerprint density at radius 3 is 2.00 bits per heavy atom. The van der Waals surface area contributed by atoms with E-state index in [1.807, 2.05) is 0 Å². The summed E-state index contributed by atoms with van der Waals surface area (Å²) >= 11 is 0. The second-order valence-corrected chi connectivity index (χ2v) is 12.9. The van der Waals surface area contributed by atoms with Crippen molar-refractivity contribution in [1.29, 1.82) is 0 Å². The first-order valence-electron chi connectivity index (χ1n) is 15.4. The Morgan fingerprint density at radius 1 is 0.698 bits per heavy atom. The van der Waals surface area contributed by atoms with Gasteiger partial charge in [-0.3, -0.25) is 0 Å². The van der Waals surface area contributed by atoms with E-state index < -0.39 is 104 Å². The van der Waals surface area contributed by atoms with Gasteiger partial charge < -0.3 is 82.6 Å². The number of rotatable bonds is 10. The van der Waals surface area contributed by atoms with Crippen molar-refractivity contribution in [1.82, 2.24) is 0 Å². The molecule has 3 aliphatic heterocycles. The zero-order chi connectivity index (χ0) is 31.2. The molecule has 3 saturated heterocycles. The molecule has 3 heterocycles. The SMILES string of the molecule is CC1C(OC2C(CO)OC(OC3C(O)C(N)CC(N)C3OC3OC(C(N)C4CC4)CCC3N)C2O)OC(CN)C(O)C1O. The quantitative estimate of drug-likeness (QED) is 0.110. The van der Waals surface area contributed by atoms with Crippen LogP contribution in [0.1, 0.15) is 39.0 Å². The Bertz CT molecular complexity index is 907. The van der Waals surface area contributed by atoms with Gasteiger partial charge in [0.25, 0.3) is 0 Å². The molecule has 0 aromatic carbocycles. The summed E-state index contributed by atoms with van der Waals surface area (Å²) in [6.07, 6.45) is -10.2. The maximum absolute atomic E-state index is 11.2. The molecule has 2 aliphatic carbocycles. The molecule has 43 heavy (non-hydrogen) atoms. The third-order valence-corrected chi connectivity index (χ3v) is 9.69. The van der Waals surface area contributed by atoms with E-state index in [0.717, 1.165) is 12.8 Å². The standard InChI is InChI=1S/C27H51N5O11/c1-9-18(34)20(36)15(7-28)39-25(9)42-23-16(8-33)40-27(21(23)37)43-24-19(35)12(30)6-13(31)22(24)41-26-11(29)4-5-14(38-26)17(32)10-2-3-10/h9-27,33-37H,2-8,28-32H2,1H3. The largest absolute Gasteiger partial charge is 0.394 e. The van der Waals surface area contributed by atoms with Crippen LogP contribution in [-0.2, 0) is 28.4 Å². The summed E-state index contributed by atoms with van der Waals surface area (Å²) in [7, 11) is 0. The van der Waals surface area contributed by atoms with Gasteiger partial charge in [0.05, 0.1) is 31.0 Å². The normalized spacial score (nSPS) is 51.8. The third kappa shape index (κ3) is 7.05. The number of hydrogen-bond donors (Lipinski definition) is 10. The zero-order valence-electron chi connectivity index (χ0n) is 24.5. The molecule has 0 spiro atoms. The van der Waals surface area contributed by atoms with Crippen molar-refractivity contribution < 1.29 is 54.0 Å². The number of aliphatic hydroxyl groups is 5. The topological polar surface area (TPSA) is 287 Å². The smallest absolute Gasteiger partial charge is 0.187 e. The molecule has 0 aromatic rings.